The van der Waals surface area contributed by atoms with E-state index >= 15 is 0 Å². The van der Waals surface area contributed by atoms with E-state index in [-0.39, 0.29) is 11.7 Å². The van der Waals surface area contributed by atoms with Crippen LogP contribution in [0.2, 0.25) is 10.0 Å². The molecule has 0 radical (unpaired) electrons. The molecule has 29 heavy (non-hydrogen) atoms. The van der Waals surface area contributed by atoms with Gasteiger partial charge in [0.15, 0.2) is 0 Å². The van der Waals surface area contributed by atoms with Gasteiger partial charge in [0.2, 0.25) is 0 Å². The summed E-state index contributed by atoms with van der Waals surface area (Å²) in [6, 6.07) is 12.7. The second-order valence-electron chi connectivity index (χ2n) is 6.19. The lowest BCUT2D eigenvalue weighted by atomic mass is 10.2. The van der Waals surface area contributed by atoms with E-state index in [0.29, 0.717) is 33.8 Å². The number of benzene rings is 2. The Balaban J connectivity index is 1.56. The van der Waals surface area contributed by atoms with E-state index in [1.54, 1.807) is 45.8 Å². The zero-order chi connectivity index (χ0) is 20.4. The number of amides is 1. The Morgan fingerprint density at radius 3 is 2.66 bits per heavy atom. The van der Waals surface area contributed by atoms with E-state index in [9.17, 15) is 9.18 Å². The van der Waals surface area contributed by atoms with Crippen molar-refractivity contribution in [1.82, 2.24) is 19.3 Å². The second-order valence-corrected chi connectivity index (χ2v) is 7.03. The number of hydrogen-bond donors (Lipinski definition) is 1. The van der Waals surface area contributed by atoms with Gasteiger partial charge < -0.3 is 5.32 Å². The summed E-state index contributed by atoms with van der Waals surface area (Å²) >= 11 is 12.2. The van der Waals surface area contributed by atoms with Crippen molar-refractivity contribution in [3.05, 3.63) is 94.4 Å². The van der Waals surface area contributed by atoms with E-state index < -0.39 is 0 Å². The molecule has 0 spiro atoms. The largest absolute Gasteiger partial charge is 0.305 e. The SMILES string of the molecule is O=C(Nc1ccnn1Cc1ccc(Cl)cc1Cl)c1cncn1-c1ccc(F)cc1. The van der Waals surface area contributed by atoms with E-state index in [0.717, 1.165) is 5.56 Å². The van der Waals surface area contributed by atoms with Crippen LogP contribution in [0.3, 0.4) is 0 Å². The Bertz CT molecular complexity index is 1170. The Kier molecular flexibility index (Phi) is 5.33. The lowest BCUT2D eigenvalue weighted by Crippen LogP contribution is -2.19. The van der Waals surface area contributed by atoms with E-state index in [4.69, 9.17) is 23.2 Å². The van der Waals surface area contributed by atoms with Crippen LogP contribution in [0.25, 0.3) is 5.69 Å². The van der Waals surface area contributed by atoms with Crippen LogP contribution in [0.1, 0.15) is 16.1 Å². The number of halogens is 3. The minimum atomic E-state index is -0.379. The molecule has 1 N–H and O–H groups in total. The van der Waals surface area contributed by atoms with E-state index in [1.807, 2.05) is 6.07 Å². The van der Waals surface area contributed by atoms with Crippen LogP contribution in [0.4, 0.5) is 10.2 Å². The molecule has 0 aliphatic heterocycles. The van der Waals surface area contributed by atoms with E-state index in [1.165, 1.54) is 24.7 Å². The molecule has 4 aromatic rings. The summed E-state index contributed by atoms with van der Waals surface area (Å²) in [5.41, 5.74) is 1.73. The molecule has 0 saturated carbocycles. The average Bonchev–Trinajstić information content (AvgIpc) is 3.34. The molecule has 0 aliphatic carbocycles. The lowest BCUT2D eigenvalue weighted by molar-refractivity contribution is 0.101. The van der Waals surface area contributed by atoms with Crippen molar-refractivity contribution >= 4 is 34.9 Å². The summed E-state index contributed by atoms with van der Waals surface area (Å²) in [5.74, 6) is -0.242. The smallest absolute Gasteiger partial charge is 0.275 e. The molecule has 2 heterocycles. The number of nitrogens with zero attached hydrogens (tertiary/aromatic N) is 4. The number of aromatic nitrogens is 4. The standard InChI is InChI=1S/C20H14Cl2FN5O/c21-14-2-1-13(17(22)9-14)11-28-19(7-8-25-28)26-20(29)18-10-24-12-27(18)16-5-3-15(23)4-6-16/h1-10,12H,11H2,(H,26,29). The molecule has 9 heteroatoms. The molecule has 6 nitrogen and oxygen atoms in total. The maximum Gasteiger partial charge on any atom is 0.275 e. The van der Waals surface area contributed by atoms with Gasteiger partial charge in [-0.3, -0.25) is 9.36 Å². The van der Waals surface area contributed by atoms with Crippen molar-refractivity contribution in [3.8, 4) is 5.69 Å². The van der Waals surface area contributed by atoms with Crippen LogP contribution in [-0.2, 0) is 6.54 Å². The van der Waals surface area contributed by atoms with Gasteiger partial charge in [0.1, 0.15) is 17.3 Å². The minimum absolute atomic E-state index is 0.300. The van der Waals surface area contributed by atoms with Crippen molar-refractivity contribution in [1.29, 1.82) is 0 Å². The predicted molar refractivity (Wildman–Crippen MR) is 109 cm³/mol. The number of anilines is 1. The molecule has 0 atom stereocenters. The molecule has 2 aromatic heterocycles. The van der Waals surface area contributed by atoms with Crippen molar-refractivity contribution < 1.29 is 9.18 Å². The van der Waals surface area contributed by atoms with Crippen molar-refractivity contribution in [2.24, 2.45) is 0 Å². The fraction of sp³-hybridized carbons (Fsp3) is 0.0500. The zero-order valence-corrected chi connectivity index (χ0v) is 16.4. The van der Waals surface area contributed by atoms with Crippen LogP contribution in [-0.4, -0.2) is 25.2 Å². The molecular formula is C20H14Cl2FN5O. The summed E-state index contributed by atoms with van der Waals surface area (Å²) in [5, 5.41) is 8.13. The van der Waals surface area contributed by atoms with Crippen molar-refractivity contribution in [2.75, 3.05) is 5.32 Å². The Morgan fingerprint density at radius 1 is 1.10 bits per heavy atom. The van der Waals surface area contributed by atoms with Gasteiger partial charge in [-0.25, -0.2) is 14.1 Å². The molecule has 1 amide bonds. The van der Waals surface area contributed by atoms with Gasteiger partial charge in [-0.1, -0.05) is 29.3 Å². The average molecular weight is 430 g/mol. The lowest BCUT2D eigenvalue weighted by Gasteiger charge is -2.12. The highest BCUT2D eigenvalue weighted by atomic mass is 35.5. The molecular weight excluding hydrogens is 416 g/mol. The van der Waals surface area contributed by atoms with Crippen LogP contribution in [0, 0.1) is 5.82 Å². The molecule has 0 saturated heterocycles. The van der Waals surface area contributed by atoms with Gasteiger partial charge >= 0.3 is 0 Å². The first-order chi connectivity index (χ1) is 14.0. The van der Waals surface area contributed by atoms with Crippen LogP contribution >= 0.6 is 23.2 Å². The second kappa shape index (κ2) is 8.06. The highest BCUT2D eigenvalue weighted by molar-refractivity contribution is 6.35. The zero-order valence-electron chi connectivity index (χ0n) is 14.9. The van der Waals surface area contributed by atoms with Gasteiger partial charge in [-0.2, -0.15) is 5.10 Å². The predicted octanol–water partition coefficient (Wildman–Crippen LogP) is 4.82. The quantitative estimate of drug-likeness (QED) is 0.494. The highest BCUT2D eigenvalue weighted by Gasteiger charge is 2.16. The molecule has 0 aliphatic rings. The van der Waals surface area contributed by atoms with Gasteiger partial charge in [0.25, 0.3) is 5.91 Å². The monoisotopic (exact) mass is 429 g/mol. The third-order valence-electron chi connectivity index (χ3n) is 4.27. The van der Waals surface area contributed by atoms with Crippen molar-refractivity contribution in [3.63, 3.8) is 0 Å². The summed E-state index contributed by atoms with van der Waals surface area (Å²) in [6.45, 7) is 0.357. The molecule has 0 bridgehead atoms. The number of imidazole rings is 1. The topological polar surface area (TPSA) is 64.7 Å². The summed E-state index contributed by atoms with van der Waals surface area (Å²) in [7, 11) is 0. The normalized spacial score (nSPS) is 10.9. The number of rotatable bonds is 5. The first kappa shape index (κ1) is 19.2. The number of carbonyl (C=O) groups excluding carboxylic acids is 1. The maximum absolute atomic E-state index is 13.2. The van der Waals surface area contributed by atoms with Crippen molar-refractivity contribution in [2.45, 2.75) is 6.54 Å². The number of hydrogen-bond acceptors (Lipinski definition) is 3. The van der Waals surface area contributed by atoms with Gasteiger partial charge in [0.05, 0.1) is 25.3 Å². The Labute approximate surface area is 175 Å². The van der Waals surface area contributed by atoms with Gasteiger partial charge in [-0.15, -0.1) is 0 Å². The van der Waals surface area contributed by atoms with Gasteiger partial charge in [-0.05, 0) is 42.0 Å². The third-order valence-corrected chi connectivity index (χ3v) is 4.86. The van der Waals surface area contributed by atoms with Gasteiger partial charge in [0, 0.05) is 21.8 Å². The highest BCUT2D eigenvalue weighted by Crippen LogP contribution is 2.23. The number of carbonyl (C=O) groups is 1. The summed E-state index contributed by atoms with van der Waals surface area (Å²) in [4.78, 5) is 16.9. The van der Waals surface area contributed by atoms with Crippen LogP contribution < -0.4 is 5.32 Å². The van der Waals surface area contributed by atoms with Crippen LogP contribution in [0.15, 0.2) is 67.3 Å². The van der Waals surface area contributed by atoms with E-state index in [2.05, 4.69) is 15.4 Å². The molecule has 4 rings (SSSR count). The molecule has 0 fully saturated rings. The minimum Gasteiger partial charge on any atom is -0.305 e. The fourth-order valence-corrected chi connectivity index (χ4v) is 3.30. The Hall–Kier alpha value is -3.16. The first-order valence-corrected chi connectivity index (χ1v) is 9.32. The Morgan fingerprint density at radius 2 is 1.90 bits per heavy atom. The molecule has 146 valence electrons. The molecule has 0 unspecified atom stereocenters. The maximum atomic E-state index is 13.2. The third kappa shape index (κ3) is 4.16. The fourth-order valence-electron chi connectivity index (χ4n) is 2.83. The number of nitrogens with one attached hydrogen (secondary N) is 1. The molecule has 2 aromatic carbocycles. The summed E-state index contributed by atoms with van der Waals surface area (Å²) < 4.78 is 16.4. The summed E-state index contributed by atoms with van der Waals surface area (Å²) in [6.07, 6.45) is 4.51. The first-order valence-electron chi connectivity index (χ1n) is 8.56. The van der Waals surface area contributed by atoms with Crippen LogP contribution in [0.5, 0.6) is 0 Å².